The smallest absolute Gasteiger partial charge is 0.180 e. The predicted octanol–water partition coefficient (Wildman–Crippen LogP) is 4.69. The van der Waals surface area contributed by atoms with Crippen LogP contribution < -0.4 is 5.32 Å². The average Bonchev–Trinajstić information content (AvgIpc) is 2.70. The van der Waals surface area contributed by atoms with E-state index in [-0.39, 0.29) is 0 Å². The van der Waals surface area contributed by atoms with Crippen molar-refractivity contribution in [2.24, 2.45) is 0 Å². The molecule has 0 atom stereocenters. The molecule has 140 valence electrons. The molecule has 0 amide bonds. The molecule has 0 fully saturated rings. The second-order valence-corrected chi connectivity index (χ2v) is 6.50. The monoisotopic (exact) mass is 362 g/mol. The number of anilines is 1. The second kappa shape index (κ2) is 9.24. The molecule has 0 saturated carbocycles. The highest BCUT2D eigenvalue weighted by molar-refractivity contribution is 5.56. The van der Waals surface area contributed by atoms with E-state index in [1.165, 1.54) is 11.1 Å². The maximum absolute atomic E-state index is 5.72. The highest BCUT2D eigenvalue weighted by atomic mass is 16.5. The lowest BCUT2D eigenvalue weighted by Crippen LogP contribution is -2.09. The van der Waals surface area contributed by atoms with Gasteiger partial charge in [0.15, 0.2) is 5.82 Å². The van der Waals surface area contributed by atoms with E-state index < -0.39 is 0 Å². The summed E-state index contributed by atoms with van der Waals surface area (Å²) in [4.78, 5) is 13.7. The van der Waals surface area contributed by atoms with Gasteiger partial charge in [-0.25, -0.2) is 9.97 Å². The summed E-state index contributed by atoms with van der Waals surface area (Å²) in [6.07, 6.45) is 2.78. The van der Waals surface area contributed by atoms with Crippen LogP contribution in [-0.2, 0) is 17.9 Å². The molecule has 5 nitrogen and oxygen atoms in total. The van der Waals surface area contributed by atoms with E-state index in [0.29, 0.717) is 19.0 Å². The SMILES string of the molecule is CCCOCc1ccccc1CNc1nc(-c2ccccn2)nc(C)c1C. The lowest BCUT2D eigenvalue weighted by Gasteiger charge is -2.14. The minimum atomic E-state index is 0.632. The van der Waals surface area contributed by atoms with Gasteiger partial charge in [0.1, 0.15) is 11.5 Å². The fourth-order valence-corrected chi connectivity index (χ4v) is 2.79. The van der Waals surface area contributed by atoms with Gasteiger partial charge in [-0.15, -0.1) is 0 Å². The zero-order valence-electron chi connectivity index (χ0n) is 16.2. The van der Waals surface area contributed by atoms with Gasteiger partial charge < -0.3 is 10.1 Å². The van der Waals surface area contributed by atoms with Gasteiger partial charge in [-0.3, -0.25) is 4.98 Å². The van der Waals surface area contributed by atoms with Gasteiger partial charge in [-0.05, 0) is 43.5 Å². The number of pyridine rings is 1. The highest BCUT2D eigenvalue weighted by Gasteiger charge is 2.11. The molecule has 5 heteroatoms. The summed E-state index contributed by atoms with van der Waals surface area (Å²) < 4.78 is 5.72. The normalized spacial score (nSPS) is 10.8. The van der Waals surface area contributed by atoms with Gasteiger partial charge in [0, 0.05) is 30.6 Å². The van der Waals surface area contributed by atoms with Crippen LogP contribution in [0.15, 0.2) is 48.7 Å². The van der Waals surface area contributed by atoms with E-state index in [4.69, 9.17) is 9.72 Å². The van der Waals surface area contributed by atoms with Crippen LogP contribution in [-0.4, -0.2) is 21.6 Å². The van der Waals surface area contributed by atoms with E-state index >= 15 is 0 Å². The van der Waals surface area contributed by atoms with Gasteiger partial charge in [0.25, 0.3) is 0 Å². The van der Waals surface area contributed by atoms with Crippen molar-refractivity contribution in [1.82, 2.24) is 15.0 Å². The van der Waals surface area contributed by atoms with Crippen LogP contribution in [0.5, 0.6) is 0 Å². The summed E-state index contributed by atoms with van der Waals surface area (Å²) in [6.45, 7) is 8.25. The number of hydrogen-bond donors (Lipinski definition) is 1. The van der Waals surface area contributed by atoms with Crippen LogP contribution in [0.4, 0.5) is 5.82 Å². The third kappa shape index (κ3) is 4.89. The molecule has 3 aromatic rings. The van der Waals surface area contributed by atoms with Crippen molar-refractivity contribution >= 4 is 5.82 Å². The number of aryl methyl sites for hydroxylation is 1. The molecule has 1 aromatic carbocycles. The zero-order valence-corrected chi connectivity index (χ0v) is 16.2. The minimum absolute atomic E-state index is 0.632. The Morgan fingerprint density at radius 3 is 2.48 bits per heavy atom. The van der Waals surface area contributed by atoms with Crippen LogP contribution in [0.2, 0.25) is 0 Å². The summed E-state index contributed by atoms with van der Waals surface area (Å²) in [5, 5.41) is 3.48. The Labute approximate surface area is 160 Å². The maximum Gasteiger partial charge on any atom is 0.180 e. The van der Waals surface area contributed by atoms with Crippen molar-refractivity contribution < 1.29 is 4.74 Å². The molecule has 27 heavy (non-hydrogen) atoms. The summed E-state index contributed by atoms with van der Waals surface area (Å²) in [5.41, 5.74) is 5.19. The largest absolute Gasteiger partial charge is 0.377 e. The first-order valence-corrected chi connectivity index (χ1v) is 9.34. The molecule has 2 aromatic heterocycles. The average molecular weight is 362 g/mol. The molecular weight excluding hydrogens is 336 g/mol. The molecule has 0 bridgehead atoms. The van der Waals surface area contributed by atoms with Crippen LogP contribution >= 0.6 is 0 Å². The molecule has 3 rings (SSSR count). The zero-order chi connectivity index (χ0) is 19.1. The topological polar surface area (TPSA) is 59.9 Å². The van der Waals surface area contributed by atoms with Gasteiger partial charge in [0.2, 0.25) is 0 Å². The number of nitrogens with one attached hydrogen (secondary N) is 1. The van der Waals surface area contributed by atoms with E-state index in [9.17, 15) is 0 Å². The van der Waals surface area contributed by atoms with Gasteiger partial charge in [-0.1, -0.05) is 37.3 Å². The molecule has 0 aliphatic heterocycles. The van der Waals surface area contributed by atoms with E-state index in [1.54, 1.807) is 6.20 Å². The molecule has 2 heterocycles. The van der Waals surface area contributed by atoms with Crippen molar-refractivity contribution in [3.8, 4) is 11.5 Å². The Kier molecular flexibility index (Phi) is 6.49. The number of nitrogens with zero attached hydrogens (tertiary/aromatic N) is 3. The van der Waals surface area contributed by atoms with Crippen molar-refractivity contribution in [2.45, 2.75) is 40.3 Å². The van der Waals surface area contributed by atoms with Crippen LogP contribution in [0.25, 0.3) is 11.5 Å². The molecule has 0 aliphatic carbocycles. The summed E-state index contributed by atoms with van der Waals surface area (Å²) in [6, 6.07) is 14.1. The summed E-state index contributed by atoms with van der Waals surface area (Å²) in [7, 11) is 0. The molecule has 0 saturated heterocycles. The molecule has 0 spiro atoms. The first kappa shape index (κ1) is 19.0. The Morgan fingerprint density at radius 2 is 1.74 bits per heavy atom. The second-order valence-electron chi connectivity index (χ2n) is 6.50. The quantitative estimate of drug-likeness (QED) is 0.589. The maximum atomic E-state index is 5.72. The fourth-order valence-electron chi connectivity index (χ4n) is 2.79. The number of rotatable bonds is 8. The van der Waals surface area contributed by atoms with Crippen LogP contribution in [0.1, 0.15) is 35.7 Å². The van der Waals surface area contributed by atoms with Gasteiger partial charge >= 0.3 is 0 Å². The Morgan fingerprint density at radius 1 is 0.963 bits per heavy atom. The molecule has 0 radical (unpaired) electrons. The molecule has 0 unspecified atom stereocenters. The van der Waals surface area contributed by atoms with Crippen molar-refractivity contribution in [3.05, 3.63) is 71.0 Å². The first-order valence-electron chi connectivity index (χ1n) is 9.34. The number of ether oxygens (including phenoxy) is 1. The highest BCUT2D eigenvalue weighted by Crippen LogP contribution is 2.21. The predicted molar refractivity (Wildman–Crippen MR) is 108 cm³/mol. The van der Waals surface area contributed by atoms with E-state index in [1.807, 2.05) is 38.1 Å². The molecular formula is C22H26N4O. The summed E-state index contributed by atoms with van der Waals surface area (Å²) >= 11 is 0. The lowest BCUT2D eigenvalue weighted by atomic mass is 10.1. The standard InChI is InChI=1S/C22H26N4O/c1-4-13-27-15-19-10-6-5-9-18(19)14-24-21-16(2)17(3)25-22(26-21)20-11-7-8-12-23-20/h5-12H,4,13-15H2,1-3H3,(H,24,25,26). The molecule has 1 N–H and O–H groups in total. The number of benzene rings is 1. The van der Waals surface area contributed by atoms with Crippen molar-refractivity contribution in [2.75, 3.05) is 11.9 Å². The Balaban J connectivity index is 1.79. The van der Waals surface area contributed by atoms with Crippen molar-refractivity contribution in [1.29, 1.82) is 0 Å². The minimum Gasteiger partial charge on any atom is -0.377 e. The third-order valence-corrected chi connectivity index (χ3v) is 4.45. The van der Waals surface area contributed by atoms with E-state index in [0.717, 1.165) is 35.8 Å². The van der Waals surface area contributed by atoms with Gasteiger partial charge in [-0.2, -0.15) is 0 Å². The Hall–Kier alpha value is -2.79. The van der Waals surface area contributed by atoms with Crippen LogP contribution in [0.3, 0.4) is 0 Å². The molecule has 0 aliphatic rings. The lowest BCUT2D eigenvalue weighted by molar-refractivity contribution is 0.121. The van der Waals surface area contributed by atoms with E-state index in [2.05, 4.69) is 40.4 Å². The van der Waals surface area contributed by atoms with Gasteiger partial charge in [0.05, 0.1) is 6.61 Å². The third-order valence-electron chi connectivity index (χ3n) is 4.45. The number of aromatic nitrogens is 3. The fraction of sp³-hybridized carbons (Fsp3) is 0.318. The van der Waals surface area contributed by atoms with Crippen LogP contribution in [0, 0.1) is 13.8 Å². The first-order chi connectivity index (χ1) is 13.2. The van der Waals surface area contributed by atoms with Crippen molar-refractivity contribution in [3.63, 3.8) is 0 Å². The summed E-state index contributed by atoms with van der Waals surface area (Å²) in [5.74, 6) is 1.48. The number of hydrogen-bond acceptors (Lipinski definition) is 5. The Bertz CT molecular complexity index is 881.